The zero-order valence-corrected chi connectivity index (χ0v) is 17.5. The average Bonchev–Trinajstić information content (AvgIpc) is 3.38. The summed E-state index contributed by atoms with van der Waals surface area (Å²) in [7, 11) is -1.06. The number of hydrogen-bond acceptors (Lipinski definition) is 4. The minimum absolute atomic E-state index is 0.114. The Labute approximate surface area is 178 Å². The first-order valence-corrected chi connectivity index (χ1v) is 11.7. The Balaban J connectivity index is 1.42. The molecule has 4 rings (SSSR count). The molecule has 30 heavy (non-hydrogen) atoms. The lowest BCUT2D eigenvalue weighted by Crippen LogP contribution is -2.50. The van der Waals surface area contributed by atoms with Crippen LogP contribution < -0.4 is 10.6 Å². The Morgan fingerprint density at radius 1 is 1.27 bits per heavy atom. The van der Waals surface area contributed by atoms with E-state index in [0.717, 1.165) is 24.8 Å². The maximum atomic E-state index is 14.7. The molecule has 0 aromatic heterocycles. The Bertz CT molecular complexity index is 1020. The second-order valence-corrected chi connectivity index (χ2v) is 9.47. The van der Waals surface area contributed by atoms with E-state index in [1.807, 2.05) is 12.1 Å². The van der Waals surface area contributed by atoms with E-state index >= 15 is 0 Å². The summed E-state index contributed by atoms with van der Waals surface area (Å²) in [6.45, 7) is 0. The van der Waals surface area contributed by atoms with Gasteiger partial charge in [-0.2, -0.15) is 5.26 Å². The average molecular weight is 426 g/mol. The lowest BCUT2D eigenvalue weighted by Gasteiger charge is -2.23. The first-order valence-electron chi connectivity index (χ1n) is 10.1. The zero-order chi connectivity index (χ0) is 21.3. The molecule has 1 saturated heterocycles. The number of nitrogens with zero attached hydrogens (tertiary/aromatic N) is 1. The molecule has 2 bridgehead atoms. The number of piperidine rings is 1. The van der Waals surface area contributed by atoms with Crippen LogP contribution in [0.1, 0.15) is 24.8 Å². The van der Waals surface area contributed by atoms with Gasteiger partial charge in [-0.15, -0.1) is 0 Å². The molecule has 2 aromatic rings. The van der Waals surface area contributed by atoms with Gasteiger partial charge in [0.15, 0.2) is 0 Å². The van der Waals surface area contributed by atoms with Crippen LogP contribution in [0.25, 0.3) is 11.1 Å². The minimum atomic E-state index is -1.06. The van der Waals surface area contributed by atoms with Gasteiger partial charge in [-0.25, -0.2) is 4.39 Å². The number of carbonyl (C=O) groups is 1. The van der Waals surface area contributed by atoms with Crippen molar-refractivity contribution in [1.29, 1.82) is 5.26 Å². The first kappa shape index (κ1) is 20.7. The van der Waals surface area contributed by atoms with Crippen LogP contribution in [0.4, 0.5) is 4.39 Å². The fraction of sp³-hybridized carbons (Fsp3) is 0.391. The van der Waals surface area contributed by atoms with Gasteiger partial charge in [0.05, 0.1) is 12.1 Å². The molecule has 0 radical (unpaired) electrons. The van der Waals surface area contributed by atoms with E-state index in [4.69, 9.17) is 0 Å². The highest BCUT2D eigenvalue weighted by Crippen LogP contribution is 2.35. The quantitative estimate of drug-likeness (QED) is 0.746. The van der Waals surface area contributed by atoms with Gasteiger partial charge in [0, 0.05) is 34.4 Å². The van der Waals surface area contributed by atoms with Crippen LogP contribution in [0.2, 0.25) is 0 Å². The molecule has 2 aromatic carbocycles. The lowest BCUT2D eigenvalue weighted by atomic mass is 9.98. The topological polar surface area (TPSA) is 82.0 Å². The fourth-order valence-electron chi connectivity index (χ4n) is 4.49. The van der Waals surface area contributed by atoms with E-state index in [-0.39, 0.29) is 18.4 Å². The highest BCUT2D eigenvalue weighted by atomic mass is 32.2. The summed E-state index contributed by atoms with van der Waals surface area (Å²) in [4.78, 5) is 13.3. The number of halogens is 1. The summed E-state index contributed by atoms with van der Waals surface area (Å²) in [6, 6.07) is 13.5. The number of rotatable bonds is 6. The molecule has 0 spiro atoms. The van der Waals surface area contributed by atoms with Crippen molar-refractivity contribution in [3.63, 3.8) is 0 Å². The summed E-state index contributed by atoms with van der Waals surface area (Å²) in [6.07, 6.45) is 4.88. The largest absolute Gasteiger partial charge is 0.339 e. The van der Waals surface area contributed by atoms with E-state index in [2.05, 4.69) is 16.7 Å². The van der Waals surface area contributed by atoms with Crippen LogP contribution in [-0.4, -0.2) is 34.5 Å². The summed E-state index contributed by atoms with van der Waals surface area (Å²) in [5.41, 5.74) is 1.91. The highest BCUT2D eigenvalue weighted by molar-refractivity contribution is 7.84. The van der Waals surface area contributed by atoms with Gasteiger partial charge in [-0.3, -0.25) is 9.00 Å². The van der Waals surface area contributed by atoms with Gasteiger partial charge >= 0.3 is 0 Å². The summed E-state index contributed by atoms with van der Waals surface area (Å²) in [5.74, 6) is -0.246. The second kappa shape index (κ2) is 8.66. The van der Waals surface area contributed by atoms with Crippen LogP contribution in [0.15, 0.2) is 47.4 Å². The first-order chi connectivity index (χ1) is 14.4. The van der Waals surface area contributed by atoms with Gasteiger partial charge < -0.3 is 10.6 Å². The van der Waals surface area contributed by atoms with E-state index in [9.17, 15) is 18.7 Å². The molecule has 1 unspecified atom stereocenters. The van der Waals surface area contributed by atoms with Gasteiger partial charge in [0.2, 0.25) is 5.91 Å². The standard InChI is InChI=1S/C23H24FN3O2S/c1-30(29)20-8-5-14(6-9-20)15-2-3-16(21(24)12-15)10-19(13-25)27-23(28)22-17-4-7-18(11-17)26-22/h2-3,5-6,8-9,12,17-19,22,26H,4,7,10-11H2,1H3,(H,27,28)/t17-,18+,19-,22-,30?/m0/s1. The Hall–Kier alpha value is -2.56. The normalized spacial score (nSPS) is 24.2. The van der Waals surface area contributed by atoms with Crippen molar-refractivity contribution in [2.24, 2.45) is 5.92 Å². The van der Waals surface area contributed by atoms with Crippen molar-refractivity contribution < 1.29 is 13.4 Å². The maximum absolute atomic E-state index is 14.7. The van der Waals surface area contributed by atoms with Gasteiger partial charge in [0.1, 0.15) is 11.9 Å². The lowest BCUT2D eigenvalue weighted by molar-refractivity contribution is -0.124. The number of amides is 1. The van der Waals surface area contributed by atoms with E-state index in [1.54, 1.807) is 30.5 Å². The van der Waals surface area contributed by atoms with Gasteiger partial charge in [0.25, 0.3) is 0 Å². The molecule has 2 N–H and O–H groups in total. The van der Waals surface area contributed by atoms with Crippen molar-refractivity contribution in [3.8, 4) is 17.2 Å². The van der Waals surface area contributed by atoms with Crippen molar-refractivity contribution in [1.82, 2.24) is 10.6 Å². The maximum Gasteiger partial charge on any atom is 0.238 e. The SMILES string of the molecule is CS(=O)c1ccc(-c2ccc(C[C@@H](C#N)NC(=O)[C@H]3N[C@@H]4CC[C@H]3C4)c(F)c2)cc1. The molecular formula is C23H24FN3O2S. The summed E-state index contributed by atoms with van der Waals surface area (Å²) >= 11 is 0. The van der Waals surface area contributed by atoms with Crippen LogP contribution in [0, 0.1) is 23.1 Å². The number of nitrogens with one attached hydrogen (secondary N) is 2. The fourth-order valence-corrected chi connectivity index (χ4v) is 5.01. The molecule has 5 atom stereocenters. The Morgan fingerprint density at radius 2 is 2.00 bits per heavy atom. The molecule has 2 fully saturated rings. The van der Waals surface area contributed by atoms with Gasteiger partial charge in [-0.1, -0.05) is 24.3 Å². The summed E-state index contributed by atoms with van der Waals surface area (Å²) < 4.78 is 26.2. The molecule has 1 saturated carbocycles. The molecule has 2 aliphatic rings. The molecule has 1 aliphatic carbocycles. The van der Waals surface area contributed by atoms with Crippen LogP contribution >= 0.6 is 0 Å². The van der Waals surface area contributed by atoms with E-state index in [1.165, 1.54) is 6.07 Å². The van der Waals surface area contributed by atoms with Gasteiger partial charge in [-0.05, 0) is 60.1 Å². The molecule has 5 nitrogen and oxygen atoms in total. The highest BCUT2D eigenvalue weighted by Gasteiger charge is 2.43. The number of carbonyl (C=O) groups excluding carboxylic acids is 1. The van der Waals surface area contributed by atoms with Crippen molar-refractivity contribution >= 4 is 16.7 Å². The number of fused-ring (bicyclic) bond motifs is 2. The van der Waals surface area contributed by atoms with Crippen LogP contribution in [-0.2, 0) is 22.0 Å². The van der Waals surface area contributed by atoms with Crippen molar-refractivity contribution in [2.45, 2.75) is 48.7 Å². The monoisotopic (exact) mass is 425 g/mol. The second-order valence-electron chi connectivity index (χ2n) is 8.09. The van der Waals surface area contributed by atoms with Crippen LogP contribution in [0.5, 0.6) is 0 Å². The van der Waals surface area contributed by atoms with E-state index < -0.39 is 22.7 Å². The number of nitriles is 1. The predicted octanol–water partition coefficient (Wildman–Crippen LogP) is 2.92. The van der Waals surface area contributed by atoms with Crippen LogP contribution in [0.3, 0.4) is 0 Å². The molecule has 156 valence electrons. The zero-order valence-electron chi connectivity index (χ0n) is 16.7. The molecule has 1 amide bonds. The summed E-state index contributed by atoms with van der Waals surface area (Å²) in [5, 5.41) is 15.6. The molecule has 1 heterocycles. The molecular weight excluding hydrogens is 401 g/mol. The Morgan fingerprint density at radius 3 is 2.57 bits per heavy atom. The predicted molar refractivity (Wildman–Crippen MR) is 113 cm³/mol. The van der Waals surface area contributed by atoms with Crippen molar-refractivity contribution in [2.75, 3.05) is 6.26 Å². The minimum Gasteiger partial charge on any atom is -0.339 e. The molecule has 7 heteroatoms. The Kier molecular flexibility index (Phi) is 5.98. The third kappa shape index (κ3) is 4.30. The number of benzene rings is 2. The third-order valence-corrected chi connectivity index (χ3v) is 7.05. The van der Waals surface area contributed by atoms with Crippen molar-refractivity contribution in [3.05, 3.63) is 53.8 Å². The number of hydrogen-bond donors (Lipinski definition) is 2. The van der Waals surface area contributed by atoms with E-state index in [0.29, 0.717) is 28.0 Å². The third-order valence-electron chi connectivity index (χ3n) is 6.11. The molecule has 1 aliphatic heterocycles. The smallest absolute Gasteiger partial charge is 0.238 e.